The van der Waals surface area contributed by atoms with Gasteiger partial charge >= 0.3 is 0 Å². The molecule has 4 aliphatic carbocycles. The highest BCUT2D eigenvalue weighted by Crippen LogP contribution is 2.62. The van der Waals surface area contributed by atoms with E-state index in [1.54, 1.807) is 6.20 Å². The molecule has 0 radical (unpaired) electrons. The summed E-state index contributed by atoms with van der Waals surface area (Å²) >= 11 is 0. The minimum Gasteiger partial charge on any atom is -0.347 e. The predicted molar refractivity (Wildman–Crippen MR) is 93.0 cm³/mol. The van der Waals surface area contributed by atoms with E-state index in [-0.39, 0.29) is 5.91 Å². The number of aromatic nitrogens is 2. The summed E-state index contributed by atoms with van der Waals surface area (Å²) in [4.78, 5) is 20.8. The van der Waals surface area contributed by atoms with Gasteiger partial charge in [-0.05, 0) is 81.6 Å². The van der Waals surface area contributed by atoms with Gasteiger partial charge in [-0.1, -0.05) is 5.57 Å². The second-order valence-electron chi connectivity index (χ2n) is 8.34. The lowest BCUT2D eigenvalue weighted by atomic mass is 9.48. The van der Waals surface area contributed by atoms with E-state index in [9.17, 15) is 4.79 Å². The molecular formula is C20H27N3O. The molecule has 0 saturated heterocycles. The van der Waals surface area contributed by atoms with Crippen molar-refractivity contribution < 1.29 is 4.79 Å². The van der Waals surface area contributed by atoms with Gasteiger partial charge in [0.05, 0.1) is 12.2 Å². The zero-order chi connectivity index (χ0) is 16.7. The van der Waals surface area contributed by atoms with Crippen molar-refractivity contribution in [2.45, 2.75) is 58.9 Å². The zero-order valence-electron chi connectivity index (χ0n) is 14.7. The van der Waals surface area contributed by atoms with Gasteiger partial charge in [-0.2, -0.15) is 0 Å². The fraction of sp³-hybridized carbons (Fsp3) is 0.650. The van der Waals surface area contributed by atoms with Gasteiger partial charge in [0.15, 0.2) is 0 Å². The van der Waals surface area contributed by atoms with E-state index >= 15 is 0 Å². The summed E-state index contributed by atoms with van der Waals surface area (Å²) in [5.74, 6) is 3.48. The molecule has 0 spiro atoms. The lowest BCUT2D eigenvalue weighted by Gasteiger charge is -2.57. The summed E-state index contributed by atoms with van der Waals surface area (Å²) in [6, 6.07) is 1.85. The van der Waals surface area contributed by atoms with Crippen LogP contribution in [0, 0.1) is 30.1 Å². The number of carbonyl (C=O) groups is 1. The van der Waals surface area contributed by atoms with Crippen LogP contribution >= 0.6 is 0 Å². The van der Waals surface area contributed by atoms with Crippen LogP contribution in [0.1, 0.15) is 57.0 Å². The van der Waals surface area contributed by atoms with Gasteiger partial charge in [-0.15, -0.1) is 0 Å². The van der Waals surface area contributed by atoms with Crippen LogP contribution in [0.4, 0.5) is 0 Å². The molecule has 128 valence electrons. The smallest absolute Gasteiger partial charge is 0.244 e. The van der Waals surface area contributed by atoms with Crippen LogP contribution in [-0.2, 0) is 11.3 Å². The number of hydrogen-bond acceptors (Lipinski definition) is 3. The van der Waals surface area contributed by atoms with E-state index in [1.807, 2.05) is 19.1 Å². The summed E-state index contributed by atoms with van der Waals surface area (Å²) in [6.07, 6.45) is 11.8. The number of aryl methyl sites for hydroxylation is 1. The molecule has 0 aliphatic heterocycles. The average molecular weight is 325 g/mol. The van der Waals surface area contributed by atoms with Crippen LogP contribution in [0.15, 0.2) is 23.9 Å². The third-order valence-corrected chi connectivity index (χ3v) is 6.50. The van der Waals surface area contributed by atoms with E-state index in [0.717, 1.165) is 29.3 Å². The normalized spacial score (nSPS) is 34.4. The maximum atomic E-state index is 12.4. The van der Waals surface area contributed by atoms with Crippen LogP contribution in [0.5, 0.6) is 0 Å². The first-order valence-corrected chi connectivity index (χ1v) is 9.27. The van der Waals surface area contributed by atoms with Crippen LogP contribution in [0.3, 0.4) is 0 Å². The minimum atomic E-state index is 0.0134. The van der Waals surface area contributed by atoms with Crippen molar-refractivity contribution >= 4 is 5.91 Å². The maximum Gasteiger partial charge on any atom is 0.244 e. The first-order chi connectivity index (χ1) is 11.5. The van der Waals surface area contributed by atoms with E-state index in [4.69, 9.17) is 0 Å². The van der Waals surface area contributed by atoms with Crippen molar-refractivity contribution in [2.24, 2.45) is 23.2 Å². The van der Waals surface area contributed by atoms with Crippen LogP contribution in [0.2, 0.25) is 0 Å². The summed E-state index contributed by atoms with van der Waals surface area (Å²) < 4.78 is 0. The summed E-state index contributed by atoms with van der Waals surface area (Å²) in [6.45, 7) is 4.51. The molecule has 0 aromatic carbocycles. The molecule has 1 aromatic heterocycles. The zero-order valence-corrected chi connectivity index (χ0v) is 14.7. The second-order valence-corrected chi connectivity index (χ2v) is 8.34. The Labute approximate surface area is 144 Å². The van der Waals surface area contributed by atoms with Gasteiger partial charge in [0, 0.05) is 12.3 Å². The number of hydrogen-bond donors (Lipinski definition) is 1. The fourth-order valence-electron chi connectivity index (χ4n) is 5.78. The molecular weight excluding hydrogens is 298 g/mol. The highest BCUT2D eigenvalue weighted by atomic mass is 16.1. The van der Waals surface area contributed by atoms with Gasteiger partial charge in [0.25, 0.3) is 0 Å². The SMILES string of the molecule is CC(=CC(=O)NCc1ccnc(C)n1)C12CC3CC(CC(C3)C1)C2. The molecule has 4 aliphatic rings. The highest BCUT2D eigenvalue weighted by Gasteiger charge is 2.51. The Kier molecular flexibility index (Phi) is 3.93. The predicted octanol–water partition coefficient (Wildman–Crippen LogP) is 3.56. The molecule has 1 aromatic rings. The van der Waals surface area contributed by atoms with Crippen LogP contribution in [0.25, 0.3) is 0 Å². The molecule has 1 amide bonds. The lowest BCUT2D eigenvalue weighted by Crippen LogP contribution is -2.46. The van der Waals surface area contributed by atoms with Crippen molar-refractivity contribution in [3.05, 3.63) is 35.4 Å². The molecule has 0 atom stereocenters. The number of amides is 1. The largest absolute Gasteiger partial charge is 0.347 e. The molecule has 4 fully saturated rings. The molecule has 24 heavy (non-hydrogen) atoms. The van der Waals surface area contributed by atoms with Gasteiger partial charge in [-0.25, -0.2) is 9.97 Å². The Balaban J connectivity index is 1.42. The number of nitrogens with one attached hydrogen (secondary N) is 1. The highest BCUT2D eigenvalue weighted by molar-refractivity contribution is 5.88. The summed E-state index contributed by atoms with van der Waals surface area (Å²) in [5, 5.41) is 2.98. The Morgan fingerprint density at radius 3 is 2.46 bits per heavy atom. The molecule has 4 saturated carbocycles. The van der Waals surface area contributed by atoms with Crippen molar-refractivity contribution in [3.63, 3.8) is 0 Å². The number of allylic oxidation sites excluding steroid dienone is 1. The Bertz CT molecular complexity index is 644. The molecule has 1 N–H and O–H groups in total. The Morgan fingerprint density at radius 2 is 1.88 bits per heavy atom. The number of rotatable bonds is 4. The average Bonchev–Trinajstić information content (AvgIpc) is 2.52. The monoisotopic (exact) mass is 325 g/mol. The molecule has 4 nitrogen and oxygen atoms in total. The van der Waals surface area contributed by atoms with E-state index < -0.39 is 0 Å². The standard InChI is InChI=1S/C20H27N3O/c1-13(5-19(24)22-12-18-3-4-21-14(2)23-18)20-9-15-6-16(10-20)8-17(7-15)11-20/h3-5,15-17H,6-12H2,1-2H3,(H,22,24). The first-order valence-electron chi connectivity index (χ1n) is 9.27. The Morgan fingerprint density at radius 1 is 1.25 bits per heavy atom. The Hall–Kier alpha value is -1.71. The second kappa shape index (κ2) is 5.98. The minimum absolute atomic E-state index is 0.0134. The van der Waals surface area contributed by atoms with Crippen LogP contribution in [-0.4, -0.2) is 15.9 Å². The molecule has 4 heteroatoms. The van der Waals surface area contributed by atoms with Crippen LogP contribution < -0.4 is 5.32 Å². The van der Waals surface area contributed by atoms with Gasteiger partial charge in [-0.3, -0.25) is 4.79 Å². The lowest BCUT2D eigenvalue weighted by molar-refractivity contribution is -0.116. The molecule has 1 heterocycles. The molecule has 4 bridgehead atoms. The molecule has 5 rings (SSSR count). The first kappa shape index (κ1) is 15.8. The van der Waals surface area contributed by atoms with Crippen molar-refractivity contribution in [1.29, 1.82) is 0 Å². The topological polar surface area (TPSA) is 54.9 Å². The quantitative estimate of drug-likeness (QED) is 0.861. The number of carbonyl (C=O) groups excluding carboxylic acids is 1. The fourth-order valence-corrected chi connectivity index (χ4v) is 5.78. The summed E-state index contributed by atoms with van der Waals surface area (Å²) in [5.41, 5.74) is 2.48. The van der Waals surface area contributed by atoms with E-state index in [0.29, 0.717) is 12.0 Å². The third kappa shape index (κ3) is 2.99. The van der Waals surface area contributed by atoms with Gasteiger partial charge in [0.2, 0.25) is 5.91 Å². The molecule has 0 unspecified atom stereocenters. The third-order valence-electron chi connectivity index (χ3n) is 6.50. The number of nitrogens with zero attached hydrogens (tertiary/aromatic N) is 2. The van der Waals surface area contributed by atoms with E-state index in [1.165, 1.54) is 44.1 Å². The van der Waals surface area contributed by atoms with Crippen molar-refractivity contribution in [2.75, 3.05) is 0 Å². The van der Waals surface area contributed by atoms with Gasteiger partial charge < -0.3 is 5.32 Å². The maximum absolute atomic E-state index is 12.4. The van der Waals surface area contributed by atoms with Crippen molar-refractivity contribution in [1.82, 2.24) is 15.3 Å². The van der Waals surface area contributed by atoms with Crippen molar-refractivity contribution in [3.8, 4) is 0 Å². The van der Waals surface area contributed by atoms with E-state index in [2.05, 4.69) is 22.2 Å². The summed E-state index contributed by atoms with van der Waals surface area (Å²) in [7, 11) is 0. The van der Waals surface area contributed by atoms with Gasteiger partial charge in [0.1, 0.15) is 5.82 Å².